The summed E-state index contributed by atoms with van der Waals surface area (Å²) in [6.07, 6.45) is 5.76. The van der Waals surface area contributed by atoms with E-state index in [-0.39, 0.29) is 5.91 Å². The molecule has 0 saturated carbocycles. The van der Waals surface area contributed by atoms with Crippen LogP contribution in [0.5, 0.6) is 0 Å². The van der Waals surface area contributed by atoms with Gasteiger partial charge < -0.3 is 15.1 Å². The van der Waals surface area contributed by atoms with Gasteiger partial charge in [0.1, 0.15) is 0 Å². The number of benzene rings is 2. The number of rotatable bonds is 5. The van der Waals surface area contributed by atoms with Crippen molar-refractivity contribution in [2.45, 2.75) is 32.1 Å². The number of hydrogen-bond donors (Lipinski definition) is 1. The number of nitrogens with zero attached hydrogens (tertiary/aromatic N) is 2. The molecule has 4 nitrogen and oxygen atoms in total. The Balaban J connectivity index is 1.24. The summed E-state index contributed by atoms with van der Waals surface area (Å²) in [6, 6.07) is 19.2. The molecule has 2 aromatic carbocycles. The van der Waals surface area contributed by atoms with E-state index >= 15 is 0 Å². The minimum atomic E-state index is 0.155. The molecule has 148 valence electrons. The number of carbonyl (C=O) groups excluding carboxylic acids is 1. The quantitative estimate of drug-likeness (QED) is 0.859. The third-order valence-corrected chi connectivity index (χ3v) is 6.11. The Morgan fingerprint density at radius 1 is 0.929 bits per heavy atom. The molecule has 0 aliphatic carbocycles. The molecule has 0 bridgehead atoms. The predicted octanol–water partition coefficient (Wildman–Crippen LogP) is 3.86. The van der Waals surface area contributed by atoms with Crippen LogP contribution in [0.2, 0.25) is 0 Å². The molecule has 2 aliphatic rings. The van der Waals surface area contributed by atoms with Crippen LogP contribution in [-0.2, 0) is 11.2 Å². The number of amides is 1. The van der Waals surface area contributed by atoms with Gasteiger partial charge in [0.15, 0.2) is 0 Å². The zero-order valence-electron chi connectivity index (χ0n) is 16.6. The van der Waals surface area contributed by atoms with E-state index in [9.17, 15) is 4.79 Å². The van der Waals surface area contributed by atoms with E-state index in [0.29, 0.717) is 12.5 Å². The van der Waals surface area contributed by atoms with Crippen LogP contribution < -0.4 is 15.1 Å². The second-order valence-electron chi connectivity index (χ2n) is 8.08. The summed E-state index contributed by atoms with van der Waals surface area (Å²) in [7, 11) is 0. The zero-order chi connectivity index (χ0) is 19.2. The highest BCUT2D eigenvalue weighted by atomic mass is 16.2. The van der Waals surface area contributed by atoms with Crippen LogP contribution in [-0.4, -0.2) is 38.6 Å². The SMILES string of the molecule is O=C(CN1CCCCc2ccccc21)NCC1CCN(c2ccccc2)CC1. The average molecular weight is 378 g/mol. The Kier molecular flexibility index (Phi) is 6.15. The molecule has 4 rings (SSSR count). The summed E-state index contributed by atoms with van der Waals surface area (Å²) in [4.78, 5) is 17.3. The number of para-hydroxylation sites is 2. The van der Waals surface area contributed by atoms with Gasteiger partial charge in [-0.05, 0) is 61.8 Å². The number of nitrogens with one attached hydrogen (secondary N) is 1. The molecule has 1 fully saturated rings. The first-order chi connectivity index (χ1) is 13.8. The molecule has 4 heteroatoms. The Hall–Kier alpha value is -2.49. The number of piperidine rings is 1. The van der Waals surface area contributed by atoms with Gasteiger partial charge in [-0.3, -0.25) is 4.79 Å². The van der Waals surface area contributed by atoms with Gasteiger partial charge in [0.25, 0.3) is 0 Å². The van der Waals surface area contributed by atoms with Gasteiger partial charge in [-0.2, -0.15) is 0 Å². The van der Waals surface area contributed by atoms with Crippen LogP contribution in [0, 0.1) is 5.92 Å². The first kappa shape index (κ1) is 18.9. The van der Waals surface area contributed by atoms with Crippen LogP contribution in [0.3, 0.4) is 0 Å². The topological polar surface area (TPSA) is 35.6 Å². The molecule has 1 N–H and O–H groups in total. The molecule has 2 aliphatic heterocycles. The Morgan fingerprint density at radius 3 is 2.50 bits per heavy atom. The van der Waals surface area contributed by atoms with Gasteiger partial charge in [-0.25, -0.2) is 0 Å². The molecule has 0 unspecified atom stereocenters. The fraction of sp³-hybridized carbons (Fsp3) is 0.458. The maximum Gasteiger partial charge on any atom is 0.239 e. The van der Waals surface area contributed by atoms with Gasteiger partial charge in [0.2, 0.25) is 5.91 Å². The lowest BCUT2D eigenvalue weighted by Crippen LogP contribution is -2.42. The summed E-state index contributed by atoms with van der Waals surface area (Å²) in [5.41, 5.74) is 3.93. The summed E-state index contributed by atoms with van der Waals surface area (Å²) in [5, 5.41) is 3.21. The van der Waals surface area contributed by atoms with Crippen LogP contribution in [0.1, 0.15) is 31.2 Å². The lowest BCUT2D eigenvalue weighted by atomic mass is 9.96. The molecule has 1 amide bonds. The van der Waals surface area contributed by atoms with E-state index in [1.807, 2.05) is 0 Å². The van der Waals surface area contributed by atoms with Crippen molar-refractivity contribution in [1.82, 2.24) is 5.32 Å². The van der Waals surface area contributed by atoms with Crippen molar-refractivity contribution in [1.29, 1.82) is 0 Å². The van der Waals surface area contributed by atoms with Crippen molar-refractivity contribution in [2.24, 2.45) is 5.92 Å². The number of fused-ring (bicyclic) bond motifs is 1. The van der Waals surface area contributed by atoms with E-state index in [1.165, 1.54) is 23.4 Å². The van der Waals surface area contributed by atoms with Gasteiger partial charge in [-0.1, -0.05) is 36.4 Å². The zero-order valence-corrected chi connectivity index (χ0v) is 16.6. The molecule has 2 heterocycles. The number of carbonyl (C=O) groups is 1. The summed E-state index contributed by atoms with van der Waals surface area (Å²) >= 11 is 0. The van der Waals surface area contributed by atoms with Gasteiger partial charge >= 0.3 is 0 Å². The Morgan fingerprint density at radius 2 is 1.68 bits per heavy atom. The maximum absolute atomic E-state index is 12.6. The summed E-state index contributed by atoms with van der Waals surface area (Å²) in [6.45, 7) is 4.39. The normalized spacial score (nSPS) is 17.7. The van der Waals surface area contributed by atoms with E-state index in [1.54, 1.807) is 0 Å². The van der Waals surface area contributed by atoms with Crippen molar-refractivity contribution in [3.63, 3.8) is 0 Å². The predicted molar refractivity (Wildman–Crippen MR) is 116 cm³/mol. The van der Waals surface area contributed by atoms with Crippen molar-refractivity contribution in [3.05, 3.63) is 60.2 Å². The molecule has 0 atom stereocenters. The molecule has 0 aromatic heterocycles. The fourth-order valence-electron chi connectivity index (χ4n) is 4.46. The Labute approximate surface area is 168 Å². The number of aryl methyl sites for hydroxylation is 1. The Bertz CT molecular complexity index is 768. The maximum atomic E-state index is 12.6. The lowest BCUT2D eigenvalue weighted by molar-refractivity contribution is -0.120. The second-order valence-corrected chi connectivity index (χ2v) is 8.08. The largest absolute Gasteiger partial charge is 0.372 e. The van der Waals surface area contributed by atoms with Crippen LogP contribution in [0.15, 0.2) is 54.6 Å². The lowest BCUT2D eigenvalue weighted by Gasteiger charge is -2.34. The van der Waals surface area contributed by atoms with Crippen molar-refractivity contribution in [2.75, 3.05) is 42.5 Å². The van der Waals surface area contributed by atoms with Crippen molar-refractivity contribution in [3.8, 4) is 0 Å². The molecule has 28 heavy (non-hydrogen) atoms. The van der Waals surface area contributed by atoms with E-state index in [4.69, 9.17) is 0 Å². The fourth-order valence-corrected chi connectivity index (χ4v) is 4.46. The first-order valence-corrected chi connectivity index (χ1v) is 10.7. The highest BCUT2D eigenvalue weighted by Crippen LogP contribution is 2.26. The van der Waals surface area contributed by atoms with Crippen LogP contribution >= 0.6 is 0 Å². The molecule has 0 radical (unpaired) electrons. The van der Waals surface area contributed by atoms with Gasteiger partial charge in [0.05, 0.1) is 6.54 Å². The average Bonchev–Trinajstić information content (AvgIpc) is 2.96. The highest BCUT2D eigenvalue weighted by Gasteiger charge is 2.21. The van der Waals surface area contributed by atoms with Gasteiger partial charge in [0, 0.05) is 37.6 Å². The molecular formula is C24H31N3O. The van der Waals surface area contributed by atoms with Crippen LogP contribution in [0.25, 0.3) is 0 Å². The summed E-state index contributed by atoms with van der Waals surface area (Å²) < 4.78 is 0. The first-order valence-electron chi connectivity index (χ1n) is 10.7. The minimum Gasteiger partial charge on any atom is -0.372 e. The van der Waals surface area contributed by atoms with Crippen molar-refractivity contribution >= 4 is 17.3 Å². The highest BCUT2D eigenvalue weighted by molar-refractivity contribution is 5.81. The third kappa shape index (κ3) is 4.67. The second kappa shape index (κ2) is 9.13. The van der Waals surface area contributed by atoms with E-state index < -0.39 is 0 Å². The summed E-state index contributed by atoms with van der Waals surface area (Å²) in [5.74, 6) is 0.738. The van der Waals surface area contributed by atoms with E-state index in [2.05, 4.69) is 69.7 Å². The smallest absolute Gasteiger partial charge is 0.239 e. The van der Waals surface area contributed by atoms with Gasteiger partial charge in [-0.15, -0.1) is 0 Å². The molecule has 0 spiro atoms. The number of hydrogen-bond acceptors (Lipinski definition) is 3. The minimum absolute atomic E-state index is 0.155. The monoisotopic (exact) mass is 377 g/mol. The molecular weight excluding hydrogens is 346 g/mol. The molecule has 2 aromatic rings. The number of anilines is 2. The van der Waals surface area contributed by atoms with Crippen LogP contribution in [0.4, 0.5) is 11.4 Å². The molecule has 1 saturated heterocycles. The standard InChI is InChI=1S/C24H31N3O/c28-24(19-27-15-7-6-9-21-8-4-5-12-23(21)27)25-18-20-13-16-26(17-14-20)22-10-2-1-3-11-22/h1-5,8,10-12,20H,6-7,9,13-19H2,(H,25,28). The third-order valence-electron chi connectivity index (χ3n) is 6.11. The van der Waals surface area contributed by atoms with Crippen molar-refractivity contribution < 1.29 is 4.79 Å². The van der Waals surface area contributed by atoms with E-state index in [0.717, 1.165) is 51.9 Å².